The summed E-state index contributed by atoms with van der Waals surface area (Å²) in [6.45, 7) is 4.78. The molecule has 2 aliphatic carbocycles. The lowest BCUT2D eigenvalue weighted by atomic mass is 9.46. The zero-order valence-corrected chi connectivity index (χ0v) is 33.6. The van der Waals surface area contributed by atoms with Crippen LogP contribution in [0.5, 0.6) is 0 Å². The predicted octanol–water partition coefficient (Wildman–Crippen LogP) is 13.9. The van der Waals surface area contributed by atoms with E-state index in [1.54, 1.807) is 0 Å². The van der Waals surface area contributed by atoms with Crippen molar-refractivity contribution in [3.8, 4) is 22.3 Å². The monoisotopic (exact) mass is 775 g/mol. The summed E-state index contributed by atoms with van der Waals surface area (Å²) in [5.74, 6) is 2.03. The number of hydrogen-bond acceptors (Lipinski definition) is 4. The molecule has 58 heavy (non-hydrogen) atoms. The quantitative estimate of drug-likeness (QED) is 0.175. The van der Waals surface area contributed by atoms with Gasteiger partial charge < -0.3 is 9.32 Å². The van der Waals surface area contributed by atoms with Gasteiger partial charge in [0.1, 0.15) is 11.2 Å². The smallest absolute Gasteiger partial charge is 0.207 e. The Morgan fingerprint density at radius 1 is 0.483 bits per heavy atom. The molecule has 1 spiro atoms. The third-order valence-electron chi connectivity index (χ3n) is 13.7. The molecule has 4 nitrogen and oxygen atoms in total. The number of rotatable bonds is 5. The van der Waals surface area contributed by atoms with Crippen LogP contribution in [0.15, 0.2) is 178 Å². The second-order valence-electron chi connectivity index (χ2n) is 17.2. The van der Waals surface area contributed by atoms with Crippen LogP contribution in [-0.4, -0.2) is 8.42 Å². The Kier molecular flexibility index (Phi) is 8.10. The van der Waals surface area contributed by atoms with Crippen molar-refractivity contribution in [3.63, 3.8) is 0 Å². The zero-order valence-electron chi connectivity index (χ0n) is 32.8. The molecule has 0 atom stereocenters. The number of para-hydroxylation sites is 1. The van der Waals surface area contributed by atoms with Gasteiger partial charge in [0, 0.05) is 33.2 Å². The standard InChI is InChI=1S/C53H45NO3S/c1-34-28-40-30-35(2)31-41(29-34)53(40)47-13-7-9-15-51(47)58(55,56)52-33-44(25-27-48(52)53)54(42-21-16-37(17-22-42)36-10-4-3-5-11-36)43-23-18-38(19-24-43)39-20-26-46-45-12-6-8-14-49(45)57-50(46)32-39/h3-27,32-35,40-41H,28-31H2,1-2H3. The SMILES string of the molecule is CC1CC2CC(C)CC(C1)C21c2ccccc2S(=O)(=O)c2cc(N(c3ccc(-c4ccccc4)cc3)c3ccc(-c4ccc5c(c4)oc4ccccc45)cc3)ccc21. The van der Waals surface area contributed by atoms with Crippen LogP contribution in [-0.2, 0) is 15.3 Å². The summed E-state index contributed by atoms with van der Waals surface area (Å²) in [4.78, 5) is 3.16. The Morgan fingerprint density at radius 2 is 1.00 bits per heavy atom. The van der Waals surface area contributed by atoms with Crippen molar-refractivity contribution in [1.82, 2.24) is 0 Å². The maximum absolute atomic E-state index is 14.9. The van der Waals surface area contributed by atoms with Crippen LogP contribution in [0.25, 0.3) is 44.2 Å². The second-order valence-corrected chi connectivity index (χ2v) is 19.1. The van der Waals surface area contributed by atoms with E-state index in [2.05, 4.69) is 134 Å². The molecule has 8 aromatic rings. The summed E-state index contributed by atoms with van der Waals surface area (Å²) >= 11 is 0. The fourth-order valence-corrected chi connectivity index (χ4v) is 13.2. The lowest BCUT2D eigenvalue weighted by Gasteiger charge is -2.59. The molecule has 0 N–H and O–H groups in total. The number of nitrogens with zero attached hydrogens (tertiary/aromatic N) is 1. The number of fused-ring (bicyclic) bond motifs is 5. The first-order valence-corrected chi connectivity index (χ1v) is 22.2. The van der Waals surface area contributed by atoms with Gasteiger partial charge in [-0.15, -0.1) is 0 Å². The fraction of sp³-hybridized carbons (Fsp3) is 0.208. The molecule has 2 saturated carbocycles. The predicted molar refractivity (Wildman–Crippen MR) is 236 cm³/mol. The van der Waals surface area contributed by atoms with Gasteiger partial charge in [-0.25, -0.2) is 8.42 Å². The van der Waals surface area contributed by atoms with Gasteiger partial charge in [0.25, 0.3) is 0 Å². The molecule has 1 aliphatic heterocycles. The molecule has 0 saturated heterocycles. The molecular formula is C53H45NO3S. The van der Waals surface area contributed by atoms with Crippen LogP contribution < -0.4 is 4.90 Å². The van der Waals surface area contributed by atoms with E-state index in [-0.39, 0.29) is 5.41 Å². The summed E-state index contributed by atoms with van der Waals surface area (Å²) in [7, 11) is -3.80. The van der Waals surface area contributed by atoms with Gasteiger partial charge in [-0.2, -0.15) is 0 Å². The fourth-order valence-electron chi connectivity index (χ4n) is 11.4. The van der Waals surface area contributed by atoms with Crippen LogP contribution in [0.2, 0.25) is 0 Å². The van der Waals surface area contributed by atoms with E-state index >= 15 is 0 Å². The van der Waals surface area contributed by atoms with E-state index in [9.17, 15) is 8.42 Å². The first kappa shape index (κ1) is 35.3. The molecule has 2 fully saturated rings. The molecule has 5 heteroatoms. The summed E-state index contributed by atoms with van der Waals surface area (Å²) in [5, 5.41) is 2.22. The van der Waals surface area contributed by atoms with Gasteiger partial charge in [0.05, 0.1) is 9.79 Å². The maximum Gasteiger partial charge on any atom is 0.207 e. The van der Waals surface area contributed by atoms with Crippen molar-refractivity contribution in [1.29, 1.82) is 0 Å². The van der Waals surface area contributed by atoms with Gasteiger partial charge in [-0.3, -0.25) is 0 Å². The normalized spacial score (nSPS) is 23.1. The molecule has 0 unspecified atom stereocenters. The van der Waals surface area contributed by atoms with Crippen molar-refractivity contribution in [2.24, 2.45) is 23.7 Å². The summed E-state index contributed by atoms with van der Waals surface area (Å²) in [6, 6.07) is 56.4. The maximum atomic E-state index is 14.9. The van der Waals surface area contributed by atoms with Crippen LogP contribution in [0, 0.1) is 23.7 Å². The lowest BCUT2D eigenvalue weighted by molar-refractivity contribution is 0.0231. The molecular weight excluding hydrogens is 731 g/mol. The molecule has 0 amide bonds. The molecule has 2 bridgehead atoms. The van der Waals surface area contributed by atoms with E-state index in [0.29, 0.717) is 33.5 Å². The minimum atomic E-state index is -3.80. The van der Waals surface area contributed by atoms with Crippen molar-refractivity contribution in [2.75, 3.05) is 4.90 Å². The average molecular weight is 776 g/mol. The topological polar surface area (TPSA) is 50.5 Å². The minimum Gasteiger partial charge on any atom is -0.456 e. The molecule has 11 rings (SSSR count). The van der Waals surface area contributed by atoms with Crippen LogP contribution in [0.3, 0.4) is 0 Å². The third kappa shape index (κ3) is 5.36. The Balaban J connectivity index is 1.06. The van der Waals surface area contributed by atoms with Gasteiger partial charge in [-0.05, 0) is 143 Å². The Morgan fingerprint density at radius 3 is 1.69 bits per heavy atom. The van der Waals surface area contributed by atoms with Crippen molar-refractivity contribution < 1.29 is 12.8 Å². The zero-order chi connectivity index (χ0) is 39.2. The van der Waals surface area contributed by atoms with Crippen molar-refractivity contribution in [3.05, 3.63) is 175 Å². The molecule has 1 aromatic heterocycles. The van der Waals surface area contributed by atoms with E-state index in [4.69, 9.17) is 4.42 Å². The van der Waals surface area contributed by atoms with Crippen molar-refractivity contribution in [2.45, 2.75) is 54.7 Å². The second kappa shape index (κ2) is 13.3. The van der Waals surface area contributed by atoms with Crippen LogP contribution in [0.1, 0.15) is 50.7 Å². The Bertz CT molecular complexity index is 2940. The highest BCUT2D eigenvalue weighted by Crippen LogP contribution is 2.64. The van der Waals surface area contributed by atoms with Gasteiger partial charge in [0.15, 0.2) is 0 Å². The number of sulfone groups is 1. The molecule has 2 heterocycles. The number of hydrogen-bond donors (Lipinski definition) is 0. The van der Waals surface area contributed by atoms with Crippen LogP contribution >= 0.6 is 0 Å². The number of benzene rings is 7. The molecule has 0 radical (unpaired) electrons. The highest BCUT2D eigenvalue weighted by Gasteiger charge is 2.59. The summed E-state index contributed by atoms with van der Waals surface area (Å²) < 4.78 is 36.1. The Labute approximate surface area is 340 Å². The molecule has 3 aliphatic rings. The minimum absolute atomic E-state index is 0.320. The molecule has 286 valence electrons. The van der Waals surface area contributed by atoms with E-state index in [1.807, 2.05) is 48.5 Å². The number of anilines is 3. The highest BCUT2D eigenvalue weighted by molar-refractivity contribution is 7.91. The highest BCUT2D eigenvalue weighted by atomic mass is 32.2. The summed E-state index contributed by atoms with van der Waals surface area (Å²) in [5.41, 5.74) is 10.6. The number of furan rings is 1. The average Bonchev–Trinajstić information content (AvgIpc) is 3.62. The first-order chi connectivity index (χ1) is 28.3. The van der Waals surface area contributed by atoms with E-state index in [0.717, 1.165) is 98.1 Å². The van der Waals surface area contributed by atoms with E-state index in [1.165, 1.54) is 0 Å². The van der Waals surface area contributed by atoms with E-state index < -0.39 is 9.84 Å². The third-order valence-corrected chi connectivity index (χ3v) is 15.5. The first-order valence-electron chi connectivity index (χ1n) is 20.8. The van der Waals surface area contributed by atoms with Gasteiger partial charge >= 0.3 is 0 Å². The lowest BCUT2D eigenvalue weighted by Crippen LogP contribution is -2.54. The van der Waals surface area contributed by atoms with Crippen LogP contribution in [0.4, 0.5) is 17.1 Å². The van der Waals surface area contributed by atoms with Gasteiger partial charge in [0.2, 0.25) is 9.84 Å². The molecule has 7 aromatic carbocycles. The Hall–Kier alpha value is -5.91. The summed E-state index contributed by atoms with van der Waals surface area (Å²) in [6.07, 6.45) is 4.47. The van der Waals surface area contributed by atoms with Gasteiger partial charge in [-0.1, -0.05) is 117 Å². The largest absolute Gasteiger partial charge is 0.456 e. The van der Waals surface area contributed by atoms with Crippen molar-refractivity contribution >= 4 is 48.8 Å².